The molecule has 1 aliphatic rings. The fraction of sp³-hybridized carbons (Fsp3) is 0.429. The number of hydrogen-bond donors (Lipinski definition) is 3. The van der Waals surface area contributed by atoms with Crippen LogP contribution in [-0.4, -0.2) is 30.9 Å². The minimum Gasteiger partial charge on any atom is -0.353 e. The summed E-state index contributed by atoms with van der Waals surface area (Å²) in [5, 5.41) is 8.40. The third-order valence-corrected chi connectivity index (χ3v) is 2.88. The summed E-state index contributed by atoms with van der Waals surface area (Å²) in [4.78, 5) is 22.9. The summed E-state index contributed by atoms with van der Waals surface area (Å²) in [6.07, 6.45) is 2.50. The first-order chi connectivity index (χ1) is 9.63. The third kappa shape index (κ3) is 5.36. The molecule has 1 fully saturated rings. The fourth-order valence-electron chi connectivity index (χ4n) is 1.67. The number of halogens is 1. The topological polar surface area (TPSA) is 70.2 Å². The second kappa shape index (κ2) is 7.00. The molecule has 1 saturated carbocycles. The summed E-state index contributed by atoms with van der Waals surface area (Å²) in [5.74, 6) is -0.555. The minimum absolute atomic E-state index is 0.0129. The monoisotopic (exact) mass is 279 g/mol. The van der Waals surface area contributed by atoms with Crippen molar-refractivity contribution in [2.45, 2.75) is 25.3 Å². The minimum atomic E-state index is -0.345. The van der Waals surface area contributed by atoms with Crippen molar-refractivity contribution in [2.75, 3.05) is 18.4 Å². The Morgan fingerprint density at radius 1 is 1.15 bits per heavy atom. The van der Waals surface area contributed by atoms with Gasteiger partial charge in [0.25, 0.3) is 0 Å². The first kappa shape index (κ1) is 14.5. The fourth-order valence-corrected chi connectivity index (χ4v) is 1.67. The lowest BCUT2D eigenvalue weighted by molar-refractivity contribution is -0.121. The predicted octanol–water partition coefficient (Wildman–Crippen LogP) is 1.02. The lowest BCUT2D eigenvalue weighted by atomic mass is 10.3. The maximum atomic E-state index is 12.7. The number of benzene rings is 1. The van der Waals surface area contributed by atoms with Crippen molar-refractivity contribution < 1.29 is 14.0 Å². The van der Waals surface area contributed by atoms with Crippen molar-refractivity contribution in [3.63, 3.8) is 0 Å². The molecule has 1 aliphatic carbocycles. The van der Waals surface area contributed by atoms with E-state index < -0.39 is 0 Å². The lowest BCUT2D eigenvalue weighted by Gasteiger charge is -2.07. The number of anilines is 1. The Balaban J connectivity index is 1.57. The molecule has 1 aromatic rings. The van der Waals surface area contributed by atoms with Crippen LogP contribution in [0.25, 0.3) is 0 Å². The summed E-state index contributed by atoms with van der Waals surface area (Å²) in [7, 11) is 0. The molecule has 2 rings (SSSR count). The number of hydrogen-bond acceptors (Lipinski definition) is 3. The van der Waals surface area contributed by atoms with Gasteiger partial charge in [0.2, 0.25) is 11.8 Å². The SMILES string of the molecule is O=C(CNCCC(=O)NC1CC1)Nc1ccc(F)cc1. The zero-order valence-electron chi connectivity index (χ0n) is 11.1. The van der Waals surface area contributed by atoms with E-state index in [0.29, 0.717) is 24.7 Å². The standard InChI is InChI=1S/C14H18FN3O2/c15-10-1-3-11(4-2-10)18-14(20)9-16-8-7-13(19)17-12-5-6-12/h1-4,12,16H,5-9H2,(H,17,19)(H,18,20). The molecule has 0 aromatic heterocycles. The summed E-state index contributed by atoms with van der Waals surface area (Å²) in [6.45, 7) is 0.573. The first-order valence-corrected chi connectivity index (χ1v) is 6.69. The Bertz CT molecular complexity index is 472. The second-order valence-electron chi connectivity index (χ2n) is 4.82. The lowest BCUT2D eigenvalue weighted by Crippen LogP contribution is -2.33. The maximum Gasteiger partial charge on any atom is 0.238 e. The van der Waals surface area contributed by atoms with Crippen molar-refractivity contribution in [1.29, 1.82) is 0 Å². The molecular weight excluding hydrogens is 261 g/mol. The van der Waals surface area contributed by atoms with Crippen LogP contribution in [0.3, 0.4) is 0 Å². The second-order valence-corrected chi connectivity index (χ2v) is 4.82. The Morgan fingerprint density at radius 2 is 1.85 bits per heavy atom. The van der Waals surface area contributed by atoms with Crippen LogP contribution in [0.1, 0.15) is 19.3 Å². The van der Waals surface area contributed by atoms with Crippen LogP contribution in [0, 0.1) is 5.82 Å². The van der Waals surface area contributed by atoms with E-state index in [1.54, 1.807) is 0 Å². The molecule has 5 nitrogen and oxygen atoms in total. The average molecular weight is 279 g/mol. The average Bonchev–Trinajstić information content (AvgIpc) is 3.21. The summed E-state index contributed by atoms with van der Waals surface area (Å²) in [6, 6.07) is 5.92. The molecule has 0 radical (unpaired) electrons. The molecule has 0 unspecified atom stereocenters. The highest BCUT2D eigenvalue weighted by atomic mass is 19.1. The molecule has 0 aliphatic heterocycles. The number of rotatable bonds is 7. The van der Waals surface area contributed by atoms with E-state index in [1.165, 1.54) is 24.3 Å². The maximum absolute atomic E-state index is 12.7. The van der Waals surface area contributed by atoms with E-state index in [4.69, 9.17) is 0 Å². The molecule has 1 aromatic carbocycles. The molecule has 3 N–H and O–H groups in total. The third-order valence-electron chi connectivity index (χ3n) is 2.88. The molecule has 0 spiro atoms. The van der Waals surface area contributed by atoms with Crippen LogP contribution in [0.5, 0.6) is 0 Å². The number of nitrogens with one attached hydrogen (secondary N) is 3. The van der Waals surface area contributed by atoms with E-state index in [-0.39, 0.29) is 24.2 Å². The summed E-state index contributed by atoms with van der Waals surface area (Å²) in [5.41, 5.74) is 0.546. The van der Waals surface area contributed by atoms with Gasteiger partial charge in [-0.3, -0.25) is 9.59 Å². The number of amides is 2. The van der Waals surface area contributed by atoms with Crippen LogP contribution < -0.4 is 16.0 Å². The highest BCUT2D eigenvalue weighted by Gasteiger charge is 2.22. The quantitative estimate of drug-likeness (QED) is 0.653. The Labute approximate surface area is 116 Å². The predicted molar refractivity (Wildman–Crippen MR) is 73.7 cm³/mol. The van der Waals surface area contributed by atoms with E-state index in [9.17, 15) is 14.0 Å². The highest BCUT2D eigenvalue weighted by Crippen LogP contribution is 2.18. The van der Waals surface area contributed by atoms with Crippen LogP contribution in [0.15, 0.2) is 24.3 Å². The van der Waals surface area contributed by atoms with Gasteiger partial charge in [0.1, 0.15) is 5.82 Å². The Kier molecular flexibility index (Phi) is 5.06. The van der Waals surface area contributed by atoms with Gasteiger partial charge in [-0.2, -0.15) is 0 Å². The van der Waals surface area contributed by atoms with Gasteiger partial charge in [-0.15, -0.1) is 0 Å². The van der Waals surface area contributed by atoms with Crippen molar-refractivity contribution in [3.05, 3.63) is 30.1 Å². The number of carbonyl (C=O) groups excluding carboxylic acids is 2. The number of carbonyl (C=O) groups is 2. The molecular formula is C14H18FN3O2. The molecule has 2 amide bonds. The van der Waals surface area contributed by atoms with Crippen LogP contribution in [0.2, 0.25) is 0 Å². The molecule has 108 valence electrons. The van der Waals surface area contributed by atoms with Crippen LogP contribution in [-0.2, 0) is 9.59 Å². The molecule has 6 heteroatoms. The zero-order chi connectivity index (χ0) is 14.4. The van der Waals surface area contributed by atoms with Gasteiger partial charge in [0, 0.05) is 24.7 Å². The van der Waals surface area contributed by atoms with E-state index in [1.807, 2.05) is 0 Å². The Hall–Kier alpha value is -1.95. The first-order valence-electron chi connectivity index (χ1n) is 6.69. The van der Waals surface area contributed by atoms with Gasteiger partial charge < -0.3 is 16.0 Å². The van der Waals surface area contributed by atoms with E-state index >= 15 is 0 Å². The van der Waals surface area contributed by atoms with Gasteiger partial charge in [0.05, 0.1) is 6.54 Å². The largest absolute Gasteiger partial charge is 0.353 e. The van der Waals surface area contributed by atoms with Crippen molar-refractivity contribution in [3.8, 4) is 0 Å². The van der Waals surface area contributed by atoms with Gasteiger partial charge in [-0.05, 0) is 37.1 Å². The molecule has 0 heterocycles. The van der Waals surface area contributed by atoms with Crippen LogP contribution in [0.4, 0.5) is 10.1 Å². The smallest absolute Gasteiger partial charge is 0.238 e. The van der Waals surface area contributed by atoms with Gasteiger partial charge in [-0.1, -0.05) is 0 Å². The van der Waals surface area contributed by atoms with Crippen LogP contribution >= 0.6 is 0 Å². The Morgan fingerprint density at radius 3 is 2.50 bits per heavy atom. The highest BCUT2D eigenvalue weighted by molar-refractivity contribution is 5.92. The van der Waals surface area contributed by atoms with E-state index in [0.717, 1.165) is 12.8 Å². The van der Waals surface area contributed by atoms with Crippen molar-refractivity contribution in [1.82, 2.24) is 10.6 Å². The van der Waals surface area contributed by atoms with Gasteiger partial charge in [-0.25, -0.2) is 4.39 Å². The van der Waals surface area contributed by atoms with Gasteiger partial charge in [0.15, 0.2) is 0 Å². The van der Waals surface area contributed by atoms with E-state index in [2.05, 4.69) is 16.0 Å². The molecule has 0 saturated heterocycles. The molecule has 20 heavy (non-hydrogen) atoms. The molecule has 0 bridgehead atoms. The molecule has 0 atom stereocenters. The summed E-state index contributed by atoms with van der Waals surface area (Å²) >= 11 is 0. The van der Waals surface area contributed by atoms with Crippen molar-refractivity contribution in [2.24, 2.45) is 0 Å². The summed E-state index contributed by atoms with van der Waals surface area (Å²) < 4.78 is 12.7. The zero-order valence-corrected chi connectivity index (χ0v) is 11.1. The van der Waals surface area contributed by atoms with Gasteiger partial charge >= 0.3 is 0 Å². The normalized spacial score (nSPS) is 13.8. The van der Waals surface area contributed by atoms with Crippen molar-refractivity contribution >= 4 is 17.5 Å².